The number of pyridine rings is 1. The van der Waals surface area contributed by atoms with Crippen LogP contribution in [0.3, 0.4) is 0 Å². The van der Waals surface area contributed by atoms with Crippen molar-refractivity contribution in [1.82, 2.24) is 9.88 Å². The summed E-state index contributed by atoms with van der Waals surface area (Å²) in [6.45, 7) is 3.15. The van der Waals surface area contributed by atoms with Crippen LogP contribution >= 0.6 is 0 Å². The number of anilines is 1. The third kappa shape index (κ3) is 3.31. The van der Waals surface area contributed by atoms with Crippen molar-refractivity contribution in [3.05, 3.63) is 59.9 Å². The fourth-order valence-electron chi connectivity index (χ4n) is 1.91. The van der Waals surface area contributed by atoms with E-state index >= 15 is 0 Å². The maximum atomic E-state index is 12.3. The van der Waals surface area contributed by atoms with Crippen molar-refractivity contribution in [2.75, 3.05) is 12.3 Å². The van der Waals surface area contributed by atoms with Crippen LogP contribution in [0.25, 0.3) is 0 Å². The number of nitrogens with two attached hydrogens (primary N) is 1. The number of benzene rings is 1. The first-order valence-corrected chi connectivity index (χ1v) is 6.24. The van der Waals surface area contributed by atoms with Crippen LogP contribution in [0.4, 0.5) is 5.69 Å². The lowest BCUT2D eigenvalue weighted by Gasteiger charge is -2.21. The molecule has 1 heterocycles. The first-order valence-electron chi connectivity index (χ1n) is 6.24. The standard InChI is InChI=1S/C15H17N3O/c1-2-18(11-12-5-3-7-14(16)9-12)15(19)13-6-4-8-17-10-13/h3-10H,2,11,16H2,1H3. The van der Waals surface area contributed by atoms with Crippen LogP contribution in [0.2, 0.25) is 0 Å². The molecule has 4 nitrogen and oxygen atoms in total. The van der Waals surface area contributed by atoms with Crippen molar-refractivity contribution in [3.63, 3.8) is 0 Å². The van der Waals surface area contributed by atoms with Crippen LogP contribution in [0.15, 0.2) is 48.8 Å². The molecular weight excluding hydrogens is 238 g/mol. The zero-order valence-electron chi connectivity index (χ0n) is 10.9. The molecule has 0 aliphatic carbocycles. The Hall–Kier alpha value is -2.36. The van der Waals surface area contributed by atoms with Gasteiger partial charge in [0.05, 0.1) is 5.56 Å². The molecule has 2 rings (SSSR count). The molecule has 0 fully saturated rings. The molecule has 4 heteroatoms. The van der Waals surface area contributed by atoms with E-state index in [0.29, 0.717) is 24.3 Å². The molecule has 1 amide bonds. The number of carbonyl (C=O) groups is 1. The predicted molar refractivity (Wildman–Crippen MR) is 75.5 cm³/mol. The molecule has 0 saturated heterocycles. The molecule has 1 aromatic heterocycles. The number of carbonyl (C=O) groups excluding carboxylic acids is 1. The normalized spacial score (nSPS) is 10.2. The lowest BCUT2D eigenvalue weighted by molar-refractivity contribution is 0.0752. The highest BCUT2D eigenvalue weighted by Crippen LogP contribution is 2.12. The smallest absolute Gasteiger partial charge is 0.255 e. The summed E-state index contributed by atoms with van der Waals surface area (Å²) in [5.74, 6) is -0.0157. The Morgan fingerprint density at radius 1 is 1.32 bits per heavy atom. The van der Waals surface area contributed by atoms with Gasteiger partial charge in [-0.05, 0) is 36.8 Å². The van der Waals surface area contributed by atoms with Gasteiger partial charge in [0.1, 0.15) is 0 Å². The zero-order chi connectivity index (χ0) is 13.7. The van der Waals surface area contributed by atoms with Crippen LogP contribution in [-0.2, 0) is 6.54 Å². The Labute approximate surface area is 112 Å². The molecule has 0 spiro atoms. The van der Waals surface area contributed by atoms with Gasteiger partial charge in [-0.3, -0.25) is 9.78 Å². The van der Waals surface area contributed by atoms with E-state index in [0.717, 1.165) is 5.56 Å². The molecule has 98 valence electrons. The van der Waals surface area contributed by atoms with Gasteiger partial charge in [0, 0.05) is 31.2 Å². The number of rotatable bonds is 4. The monoisotopic (exact) mass is 255 g/mol. The maximum Gasteiger partial charge on any atom is 0.255 e. The average molecular weight is 255 g/mol. The van der Waals surface area contributed by atoms with E-state index in [2.05, 4.69) is 4.98 Å². The highest BCUT2D eigenvalue weighted by atomic mass is 16.2. The quantitative estimate of drug-likeness (QED) is 0.853. The summed E-state index contributed by atoms with van der Waals surface area (Å²) in [7, 11) is 0. The molecule has 0 saturated carbocycles. The van der Waals surface area contributed by atoms with Crippen molar-refractivity contribution in [3.8, 4) is 0 Å². The Balaban J connectivity index is 2.15. The van der Waals surface area contributed by atoms with Crippen LogP contribution < -0.4 is 5.73 Å². The Morgan fingerprint density at radius 3 is 2.79 bits per heavy atom. The van der Waals surface area contributed by atoms with Crippen LogP contribution in [0.5, 0.6) is 0 Å². The van der Waals surface area contributed by atoms with Gasteiger partial charge in [0.15, 0.2) is 0 Å². The summed E-state index contributed by atoms with van der Waals surface area (Å²) >= 11 is 0. The molecule has 1 aromatic carbocycles. The largest absolute Gasteiger partial charge is 0.399 e. The third-order valence-electron chi connectivity index (χ3n) is 2.90. The Morgan fingerprint density at radius 2 is 2.16 bits per heavy atom. The van der Waals surface area contributed by atoms with Gasteiger partial charge in [-0.25, -0.2) is 0 Å². The summed E-state index contributed by atoms with van der Waals surface area (Å²) in [6.07, 6.45) is 3.25. The molecule has 19 heavy (non-hydrogen) atoms. The van der Waals surface area contributed by atoms with Crippen molar-refractivity contribution >= 4 is 11.6 Å². The van der Waals surface area contributed by atoms with E-state index in [4.69, 9.17) is 5.73 Å². The summed E-state index contributed by atoms with van der Waals surface area (Å²) in [5, 5.41) is 0. The minimum absolute atomic E-state index is 0.0157. The molecule has 0 aliphatic heterocycles. The SMILES string of the molecule is CCN(Cc1cccc(N)c1)C(=O)c1cccnc1. The Kier molecular flexibility index (Phi) is 4.13. The van der Waals surface area contributed by atoms with Crippen LogP contribution in [-0.4, -0.2) is 22.3 Å². The van der Waals surface area contributed by atoms with E-state index < -0.39 is 0 Å². The van der Waals surface area contributed by atoms with Gasteiger partial charge in [0.25, 0.3) is 5.91 Å². The highest BCUT2D eigenvalue weighted by molar-refractivity contribution is 5.93. The van der Waals surface area contributed by atoms with E-state index in [9.17, 15) is 4.79 Å². The van der Waals surface area contributed by atoms with Crippen LogP contribution in [0, 0.1) is 0 Å². The van der Waals surface area contributed by atoms with E-state index in [1.807, 2.05) is 31.2 Å². The molecule has 0 unspecified atom stereocenters. The number of amides is 1. The lowest BCUT2D eigenvalue weighted by atomic mass is 10.1. The zero-order valence-corrected chi connectivity index (χ0v) is 10.9. The van der Waals surface area contributed by atoms with Crippen molar-refractivity contribution in [2.24, 2.45) is 0 Å². The molecule has 0 atom stereocenters. The van der Waals surface area contributed by atoms with Gasteiger partial charge in [-0.15, -0.1) is 0 Å². The second-order valence-corrected chi connectivity index (χ2v) is 4.31. The van der Waals surface area contributed by atoms with Crippen molar-refractivity contribution in [2.45, 2.75) is 13.5 Å². The van der Waals surface area contributed by atoms with Crippen molar-refractivity contribution in [1.29, 1.82) is 0 Å². The fourth-order valence-corrected chi connectivity index (χ4v) is 1.91. The number of nitrogen functional groups attached to an aromatic ring is 1. The van der Waals surface area contributed by atoms with E-state index in [1.54, 1.807) is 29.4 Å². The average Bonchev–Trinajstić information content (AvgIpc) is 2.45. The molecule has 0 radical (unpaired) electrons. The van der Waals surface area contributed by atoms with Gasteiger partial charge in [-0.1, -0.05) is 12.1 Å². The topological polar surface area (TPSA) is 59.2 Å². The summed E-state index contributed by atoms with van der Waals surface area (Å²) in [5.41, 5.74) is 8.09. The van der Waals surface area contributed by atoms with Gasteiger partial charge in [0.2, 0.25) is 0 Å². The second kappa shape index (κ2) is 6.00. The molecule has 0 aliphatic rings. The highest BCUT2D eigenvalue weighted by Gasteiger charge is 2.14. The first-order chi connectivity index (χ1) is 9.20. The number of hydrogen-bond acceptors (Lipinski definition) is 3. The predicted octanol–water partition coefficient (Wildman–Crippen LogP) is 2.33. The van der Waals surface area contributed by atoms with E-state index in [1.165, 1.54) is 0 Å². The Bertz CT molecular complexity index is 554. The molecule has 0 bridgehead atoms. The fraction of sp³-hybridized carbons (Fsp3) is 0.200. The molecular formula is C15H17N3O. The van der Waals surface area contributed by atoms with Gasteiger partial charge >= 0.3 is 0 Å². The molecule has 2 N–H and O–H groups in total. The summed E-state index contributed by atoms with van der Waals surface area (Å²) in [6, 6.07) is 11.1. The lowest BCUT2D eigenvalue weighted by Crippen LogP contribution is -2.30. The van der Waals surface area contributed by atoms with Gasteiger partial charge < -0.3 is 10.6 Å². The second-order valence-electron chi connectivity index (χ2n) is 4.31. The van der Waals surface area contributed by atoms with Gasteiger partial charge in [-0.2, -0.15) is 0 Å². The number of aromatic nitrogens is 1. The van der Waals surface area contributed by atoms with Crippen LogP contribution in [0.1, 0.15) is 22.8 Å². The maximum absolute atomic E-state index is 12.3. The number of nitrogens with zero attached hydrogens (tertiary/aromatic N) is 2. The minimum Gasteiger partial charge on any atom is -0.399 e. The third-order valence-corrected chi connectivity index (χ3v) is 2.90. The number of hydrogen-bond donors (Lipinski definition) is 1. The summed E-state index contributed by atoms with van der Waals surface area (Å²) < 4.78 is 0. The summed E-state index contributed by atoms with van der Waals surface area (Å²) in [4.78, 5) is 18.1. The minimum atomic E-state index is -0.0157. The molecule has 2 aromatic rings. The van der Waals surface area contributed by atoms with E-state index in [-0.39, 0.29) is 5.91 Å². The van der Waals surface area contributed by atoms with Crippen molar-refractivity contribution < 1.29 is 4.79 Å². The first kappa shape index (κ1) is 13.1.